The van der Waals surface area contributed by atoms with Crippen LogP contribution in [0.3, 0.4) is 0 Å². The highest BCUT2D eigenvalue weighted by Gasteiger charge is 2.09. The molecule has 1 aromatic carbocycles. The molecule has 0 bridgehead atoms. The van der Waals surface area contributed by atoms with E-state index in [4.69, 9.17) is 10.8 Å². The first kappa shape index (κ1) is 12.6. The van der Waals surface area contributed by atoms with E-state index in [1.54, 1.807) is 6.33 Å². The number of aliphatic carboxylic acids is 1. The molecule has 96 valence electrons. The van der Waals surface area contributed by atoms with Crippen LogP contribution < -0.4 is 5.73 Å². The van der Waals surface area contributed by atoms with Gasteiger partial charge in [-0.15, -0.1) is 0 Å². The molecule has 2 rings (SSSR count). The van der Waals surface area contributed by atoms with Crippen LogP contribution in [-0.4, -0.2) is 20.6 Å². The van der Waals surface area contributed by atoms with Crippen molar-refractivity contribution >= 4 is 17.0 Å². The molecule has 0 saturated carbocycles. The zero-order valence-corrected chi connectivity index (χ0v) is 10.3. The molecule has 2 aromatic rings. The van der Waals surface area contributed by atoms with E-state index in [-0.39, 0.29) is 12.5 Å². The summed E-state index contributed by atoms with van der Waals surface area (Å²) in [5, 5.41) is 8.59. The molecule has 3 N–H and O–H groups in total. The monoisotopic (exact) mass is 247 g/mol. The van der Waals surface area contributed by atoms with Gasteiger partial charge >= 0.3 is 5.97 Å². The number of carbonyl (C=O) groups is 1. The average molecular weight is 247 g/mol. The molecule has 1 heterocycles. The van der Waals surface area contributed by atoms with Crippen molar-refractivity contribution in [3.05, 3.63) is 30.1 Å². The standard InChI is InChI=1S/C13H17N3O2/c1-16-8-15-11-7-9(5-6-12(11)16)10(14)3-2-4-13(17)18/h5-8,10H,2-4,14H2,1H3,(H,17,18). The van der Waals surface area contributed by atoms with Crippen LogP contribution in [0, 0.1) is 0 Å². The summed E-state index contributed by atoms with van der Waals surface area (Å²) in [6, 6.07) is 5.82. The summed E-state index contributed by atoms with van der Waals surface area (Å²) in [6.45, 7) is 0. The van der Waals surface area contributed by atoms with Gasteiger partial charge in [0.25, 0.3) is 0 Å². The predicted molar refractivity (Wildman–Crippen MR) is 69.1 cm³/mol. The number of carboxylic acid groups (broad SMARTS) is 1. The fourth-order valence-corrected chi connectivity index (χ4v) is 2.02. The number of rotatable bonds is 5. The van der Waals surface area contributed by atoms with E-state index in [0.29, 0.717) is 12.8 Å². The molecular weight excluding hydrogens is 230 g/mol. The Morgan fingerprint density at radius 1 is 1.56 bits per heavy atom. The molecule has 1 unspecified atom stereocenters. The van der Waals surface area contributed by atoms with E-state index < -0.39 is 5.97 Å². The van der Waals surface area contributed by atoms with E-state index in [2.05, 4.69) is 4.98 Å². The topological polar surface area (TPSA) is 81.1 Å². The quantitative estimate of drug-likeness (QED) is 0.844. The van der Waals surface area contributed by atoms with E-state index in [0.717, 1.165) is 16.6 Å². The molecule has 0 fully saturated rings. The first-order chi connectivity index (χ1) is 8.58. The summed E-state index contributed by atoms with van der Waals surface area (Å²) in [5.41, 5.74) is 9.04. The SMILES string of the molecule is Cn1cnc2cc(C(N)CCCC(=O)O)ccc21. The van der Waals surface area contributed by atoms with Crippen LogP contribution in [0.5, 0.6) is 0 Å². The molecule has 0 aliphatic rings. The van der Waals surface area contributed by atoms with Gasteiger partial charge in [0.1, 0.15) is 0 Å². The fraction of sp³-hybridized carbons (Fsp3) is 0.385. The molecule has 0 radical (unpaired) electrons. The van der Waals surface area contributed by atoms with Crippen LogP contribution in [0.15, 0.2) is 24.5 Å². The molecule has 5 heteroatoms. The number of fused-ring (bicyclic) bond motifs is 1. The second-order valence-electron chi connectivity index (χ2n) is 4.50. The summed E-state index contributed by atoms with van der Waals surface area (Å²) in [4.78, 5) is 14.7. The Bertz CT molecular complexity index is 562. The minimum atomic E-state index is -0.776. The minimum Gasteiger partial charge on any atom is -0.481 e. The Hall–Kier alpha value is -1.88. The van der Waals surface area contributed by atoms with Crippen molar-refractivity contribution in [1.82, 2.24) is 9.55 Å². The normalized spacial score (nSPS) is 12.8. The fourth-order valence-electron chi connectivity index (χ4n) is 2.02. The Kier molecular flexibility index (Phi) is 3.62. The molecule has 0 saturated heterocycles. The van der Waals surface area contributed by atoms with Crippen LogP contribution >= 0.6 is 0 Å². The summed E-state index contributed by atoms with van der Waals surface area (Å²) in [7, 11) is 1.95. The molecule has 0 spiro atoms. The van der Waals surface area contributed by atoms with Crippen LogP contribution in [-0.2, 0) is 11.8 Å². The molecule has 0 aliphatic heterocycles. The molecule has 1 aromatic heterocycles. The van der Waals surface area contributed by atoms with Gasteiger partial charge in [-0.05, 0) is 30.5 Å². The van der Waals surface area contributed by atoms with Crippen molar-refractivity contribution in [2.45, 2.75) is 25.3 Å². The summed E-state index contributed by atoms with van der Waals surface area (Å²) in [6.07, 6.45) is 3.20. The van der Waals surface area contributed by atoms with Gasteiger partial charge < -0.3 is 15.4 Å². The number of hydrogen-bond donors (Lipinski definition) is 2. The third-order valence-electron chi connectivity index (χ3n) is 3.08. The number of benzene rings is 1. The summed E-state index contributed by atoms with van der Waals surface area (Å²) < 4.78 is 1.95. The van der Waals surface area contributed by atoms with Crippen LogP contribution in [0.2, 0.25) is 0 Å². The lowest BCUT2D eigenvalue weighted by Crippen LogP contribution is -2.10. The summed E-state index contributed by atoms with van der Waals surface area (Å²) >= 11 is 0. The Labute approximate surface area is 105 Å². The van der Waals surface area contributed by atoms with E-state index in [1.165, 1.54) is 0 Å². The zero-order valence-electron chi connectivity index (χ0n) is 10.3. The number of nitrogens with zero attached hydrogens (tertiary/aromatic N) is 2. The molecule has 0 aliphatic carbocycles. The number of nitrogens with two attached hydrogens (primary N) is 1. The lowest BCUT2D eigenvalue weighted by molar-refractivity contribution is -0.137. The average Bonchev–Trinajstić information content (AvgIpc) is 2.70. The van der Waals surface area contributed by atoms with Crippen LogP contribution in [0.1, 0.15) is 30.9 Å². The summed E-state index contributed by atoms with van der Waals surface area (Å²) in [5.74, 6) is -0.776. The van der Waals surface area contributed by atoms with Crippen molar-refractivity contribution < 1.29 is 9.90 Å². The lowest BCUT2D eigenvalue weighted by Gasteiger charge is -2.11. The van der Waals surface area contributed by atoms with Gasteiger partial charge in [-0.3, -0.25) is 4.79 Å². The highest BCUT2D eigenvalue weighted by Crippen LogP contribution is 2.21. The number of aromatic nitrogens is 2. The van der Waals surface area contributed by atoms with Crippen molar-refractivity contribution in [3.8, 4) is 0 Å². The number of aryl methyl sites for hydroxylation is 1. The van der Waals surface area contributed by atoms with Crippen molar-refractivity contribution in [2.75, 3.05) is 0 Å². The molecule has 18 heavy (non-hydrogen) atoms. The molecule has 1 atom stereocenters. The largest absolute Gasteiger partial charge is 0.481 e. The van der Waals surface area contributed by atoms with Crippen molar-refractivity contribution in [3.63, 3.8) is 0 Å². The molecule has 0 amide bonds. The minimum absolute atomic E-state index is 0.129. The Morgan fingerprint density at radius 2 is 2.33 bits per heavy atom. The van der Waals surface area contributed by atoms with Gasteiger partial charge in [0.2, 0.25) is 0 Å². The maximum Gasteiger partial charge on any atom is 0.303 e. The maximum absolute atomic E-state index is 10.4. The second kappa shape index (κ2) is 5.18. The second-order valence-corrected chi connectivity index (χ2v) is 4.50. The zero-order chi connectivity index (χ0) is 13.1. The van der Waals surface area contributed by atoms with E-state index >= 15 is 0 Å². The van der Waals surface area contributed by atoms with Gasteiger partial charge in [-0.25, -0.2) is 4.98 Å². The van der Waals surface area contributed by atoms with Crippen LogP contribution in [0.4, 0.5) is 0 Å². The first-order valence-corrected chi connectivity index (χ1v) is 5.96. The number of hydrogen-bond acceptors (Lipinski definition) is 3. The van der Waals surface area contributed by atoms with Gasteiger partial charge in [-0.2, -0.15) is 0 Å². The molecule has 5 nitrogen and oxygen atoms in total. The van der Waals surface area contributed by atoms with Crippen molar-refractivity contribution in [2.24, 2.45) is 12.8 Å². The highest BCUT2D eigenvalue weighted by molar-refractivity contribution is 5.76. The van der Waals surface area contributed by atoms with Crippen molar-refractivity contribution in [1.29, 1.82) is 0 Å². The van der Waals surface area contributed by atoms with Gasteiger partial charge in [0.15, 0.2) is 0 Å². The van der Waals surface area contributed by atoms with Gasteiger partial charge in [0.05, 0.1) is 17.4 Å². The Balaban J connectivity index is 2.08. The third-order valence-corrected chi connectivity index (χ3v) is 3.08. The van der Waals surface area contributed by atoms with Gasteiger partial charge in [-0.1, -0.05) is 6.07 Å². The maximum atomic E-state index is 10.4. The predicted octanol–water partition coefficient (Wildman–Crippen LogP) is 1.83. The van der Waals surface area contributed by atoms with E-state index in [9.17, 15) is 4.79 Å². The highest BCUT2D eigenvalue weighted by atomic mass is 16.4. The molecular formula is C13H17N3O2. The third kappa shape index (κ3) is 2.68. The first-order valence-electron chi connectivity index (χ1n) is 5.96. The van der Waals surface area contributed by atoms with Gasteiger partial charge in [0, 0.05) is 19.5 Å². The number of carboxylic acids is 1. The smallest absolute Gasteiger partial charge is 0.303 e. The van der Waals surface area contributed by atoms with Crippen LogP contribution in [0.25, 0.3) is 11.0 Å². The Morgan fingerprint density at radius 3 is 3.06 bits per heavy atom. The lowest BCUT2D eigenvalue weighted by atomic mass is 10.0. The van der Waals surface area contributed by atoms with E-state index in [1.807, 2.05) is 29.8 Å². The number of imidazole rings is 1.